The third-order valence-corrected chi connectivity index (χ3v) is 4.57. The van der Waals surface area contributed by atoms with E-state index in [1.54, 1.807) is 0 Å². The largest absolute Gasteiger partial charge is 0.209 e. The number of allylic oxidation sites excluding steroid dienone is 1. The van der Waals surface area contributed by atoms with Gasteiger partial charge in [0.15, 0.2) is 5.83 Å². The minimum absolute atomic E-state index is 0.0161. The third-order valence-electron chi connectivity index (χ3n) is 4.57. The quantitative estimate of drug-likeness (QED) is 0.322. The summed E-state index contributed by atoms with van der Waals surface area (Å²) in [6.07, 6.45) is 5.92. The molecule has 0 bridgehead atoms. The molecule has 0 aliphatic rings. The second kappa shape index (κ2) is 11.4. The monoisotopic (exact) mass is 384 g/mol. The van der Waals surface area contributed by atoms with Gasteiger partial charge >= 0.3 is 0 Å². The summed E-state index contributed by atoms with van der Waals surface area (Å²) in [6.45, 7) is 4.07. The van der Waals surface area contributed by atoms with Gasteiger partial charge in [0.2, 0.25) is 0 Å². The SMILES string of the molecule is CCCCCc1ccc(C#Cc2ccc(/C(F)=C(/F)CCCC)c(F)c2)cc1. The van der Waals surface area contributed by atoms with E-state index in [1.807, 2.05) is 19.1 Å². The molecule has 148 valence electrons. The molecule has 0 aliphatic carbocycles. The van der Waals surface area contributed by atoms with Crippen molar-refractivity contribution in [3.05, 3.63) is 76.4 Å². The molecule has 0 unspecified atom stereocenters. The molecular formula is C25H27F3. The van der Waals surface area contributed by atoms with Crippen LogP contribution in [0.4, 0.5) is 13.2 Å². The number of halogens is 3. The smallest absolute Gasteiger partial charge is 0.164 e. The Morgan fingerprint density at radius 1 is 0.821 bits per heavy atom. The van der Waals surface area contributed by atoms with Crippen molar-refractivity contribution in [1.29, 1.82) is 0 Å². The van der Waals surface area contributed by atoms with Crippen LogP contribution in [0.2, 0.25) is 0 Å². The van der Waals surface area contributed by atoms with Gasteiger partial charge in [-0.05, 0) is 55.2 Å². The summed E-state index contributed by atoms with van der Waals surface area (Å²) in [5.41, 5.74) is 2.19. The predicted molar refractivity (Wildman–Crippen MR) is 111 cm³/mol. The summed E-state index contributed by atoms with van der Waals surface area (Å²) in [4.78, 5) is 0. The Morgan fingerprint density at radius 3 is 2.11 bits per heavy atom. The lowest BCUT2D eigenvalue weighted by Crippen LogP contribution is -1.91. The molecule has 0 aromatic heterocycles. The molecule has 28 heavy (non-hydrogen) atoms. The van der Waals surface area contributed by atoms with Gasteiger partial charge in [-0.25, -0.2) is 13.2 Å². The van der Waals surface area contributed by atoms with Crippen molar-refractivity contribution in [3.63, 3.8) is 0 Å². The van der Waals surface area contributed by atoms with Crippen molar-refractivity contribution in [2.24, 2.45) is 0 Å². The molecule has 0 nitrogen and oxygen atoms in total. The maximum atomic E-state index is 14.2. The fraction of sp³-hybridized carbons (Fsp3) is 0.360. The predicted octanol–water partition coefficient (Wildman–Crippen LogP) is 7.76. The zero-order valence-corrected chi connectivity index (χ0v) is 16.6. The number of unbranched alkanes of at least 4 members (excludes halogenated alkanes) is 3. The van der Waals surface area contributed by atoms with E-state index < -0.39 is 17.5 Å². The molecule has 2 aromatic rings. The van der Waals surface area contributed by atoms with E-state index in [2.05, 4.69) is 30.9 Å². The van der Waals surface area contributed by atoms with Gasteiger partial charge in [-0.15, -0.1) is 0 Å². The summed E-state index contributed by atoms with van der Waals surface area (Å²) in [5, 5.41) is 0. The first-order chi connectivity index (χ1) is 13.5. The van der Waals surface area contributed by atoms with Crippen LogP contribution in [-0.2, 0) is 6.42 Å². The molecule has 3 heteroatoms. The summed E-state index contributed by atoms with van der Waals surface area (Å²) in [6, 6.07) is 11.9. The fourth-order valence-electron chi connectivity index (χ4n) is 2.84. The van der Waals surface area contributed by atoms with E-state index in [0.717, 1.165) is 24.5 Å². The standard InChI is InChI=1S/C25H27F3/c1-3-5-7-8-19-10-12-20(13-11-19)14-15-21-16-17-22(24(27)18-21)25(28)23(26)9-6-4-2/h10-13,16-18H,3-9H2,1-2H3/b25-23-. The van der Waals surface area contributed by atoms with Crippen LogP contribution in [0.1, 0.15) is 74.6 Å². The number of hydrogen-bond donors (Lipinski definition) is 0. The van der Waals surface area contributed by atoms with E-state index in [1.165, 1.54) is 37.0 Å². The second-order valence-corrected chi connectivity index (χ2v) is 6.92. The van der Waals surface area contributed by atoms with Crippen molar-refractivity contribution < 1.29 is 13.2 Å². The maximum Gasteiger partial charge on any atom is 0.164 e. The van der Waals surface area contributed by atoms with Crippen LogP contribution in [0.5, 0.6) is 0 Å². The Morgan fingerprint density at radius 2 is 1.46 bits per heavy atom. The zero-order valence-electron chi connectivity index (χ0n) is 16.6. The fourth-order valence-corrected chi connectivity index (χ4v) is 2.84. The molecule has 0 saturated heterocycles. The van der Waals surface area contributed by atoms with Crippen LogP contribution < -0.4 is 0 Å². The topological polar surface area (TPSA) is 0 Å². The minimum Gasteiger partial charge on any atom is -0.209 e. The number of aryl methyl sites for hydroxylation is 1. The van der Waals surface area contributed by atoms with Gasteiger partial charge in [0.1, 0.15) is 11.6 Å². The summed E-state index contributed by atoms with van der Waals surface area (Å²) >= 11 is 0. The van der Waals surface area contributed by atoms with Crippen LogP contribution in [0.25, 0.3) is 5.83 Å². The van der Waals surface area contributed by atoms with Crippen LogP contribution >= 0.6 is 0 Å². The number of rotatable bonds is 8. The van der Waals surface area contributed by atoms with Crippen molar-refractivity contribution in [2.45, 2.75) is 58.8 Å². The Hall–Kier alpha value is -2.47. The van der Waals surface area contributed by atoms with E-state index in [-0.39, 0.29) is 12.0 Å². The van der Waals surface area contributed by atoms with Crippen LogP contribution in [-0.4, -0.2) is 0 Å². The van der Waals surface area contributed by atoms with Crippen molar-refractivity contribution in [1.82, 2.24) is 0 Å². The van der Waals surface area contributed by atoms with Crippen LogP contribution in [0, 0.1) is 17.7 Å². The summed E-state index contributed by atoms with van der Waals surface area (Å²) in [7, 11) is 0. The zero-order chi connectivity index (χ0) is 20.4. The molecule has 0 radical (unpaired) electrons. The van der Waals surface area contributed by atoms with Gasteiger partial charge in [-0.1, -0.05) is 57.1 Å². The molecule has 2 aromatic carbocycles. The van der Waals surface area contributed by atoms with E-state index in [4.69, 9.17) is 0 Å². The molecule has 0 amide bonds. The molecule has 0 atom stereocenters. The first-order valence-corrected chi connectivity index (χ1v) is 10.00. The van der Waals surface area contributed by atoms with Gasteiger partial charge in [-0.2, -0.15) is 0 Å². The Labute approximate surface area is 166 Å². The Kier molecular flexibility index (Phi) is 8.88. The maximum absolute atomic E-state index is 14.2. The molecule has 0 N–H and O–H groups in total. The van der Waals surface area contributed by atoms with Crippen LogP contribution in [0.15, 0.2) is 48.3 Å². The first-order valence-electron chi connectivity index (χ1n) is 10.00. The highest BCUT2D eigenvalue weighted by molar-refractivity contribution is 5.62. The van der Waals surface area contributed by atoms with Gasteiger partial charge < -0.3 is 0 Å². The average Bonchev–Trinajstić information content (AvgIpc) is 2.71. The van der Waals surface area contributed by atoms with Gasteiger partial charge in [0.25, 0.3) is 0 Å². The van der Waals surface area contributed by atoms with Gasteiger partial charge in [0, 0.05) is 23.1 Å². The normalized spacial score (nSPS) is 11.6. The number of hydrogen-bond acceptors (Lipinski definition) is 0. The molecular weight excluding hydrogens is 357 g/mol. The van der Waals surface area contributed by atoms with Gasteiger partial charge in [0.05, 0.1) is 0 Å². The van der Waals surface area contributed by atoms with Crippen molar-refractivity contribution in [3.8, 4) is 11.8 Å². The van der Waals surface area contributed by atoms with E-state index in [9.17, 15) is 13.2 Å². The third kappa shape index (κ3) is 6.60. The van der Waals surface area contributed by atoms with Crippen molar-refractivity contribution in [2.75, 3.05) is 0 Å². The van der Waals surface area contributed by atoms with Gasteiger partial charge in [-0.3, -0.25) is 0 Å². The Balaban J connectivity index is 2.09. The second-order valence-electron chi connectivity index (χ2n) is 6.92. The van der Waals surface area contributed by atoms with E-state index >= 15 is 0 Å². The number of benzene rings is 2. The molecule has 0 spiro atoms. The van der Waals surface area contributed by atoms with Crippen LogP contribution in [0.3, 0.4) is 0 Å². The van der Waals surface area contributed by atoms with E-state index in [0.29, 0.717) is 12.0 Å². The average molecular weight is 384 g/mol. The molecule has 2 rings (SSSR count). The molecule has 0 fully saturated rings. The summed E-state index contributed by atoms with van der Waals surface area (Å²) < 4.78 is 42.0. The molecule has 0 saturated carbocycles. The lowest BCUT2D eigenvalue weighted by Gasteiger charge is -2.03. The minimum atomic E-state index is -1.12. The highest BCUT2D eigenvalue weighted by Gasteiger charge is 2.13. The van der Waals surface area contributed by atoms with Crippen molar-refractivity contribution >= 4 is 5.83 Å². The highest BCUT2D eigenvalue weighted by Crippen LogP contribution is 2.27. The highest BCUT2D eigenvalue weighted by atomic mass is 19.2. The Bertz CT molecular complexity index is 852. The molecule has 0 heterocycles. The lowest BCUT2D eigenvalue weighted by molar-refractivity contribution is 0.542. The lowest BCUT2D eigenvalue weighted by atomic mass is 10.0. The first kappa shape index (κ1) is 21.8. The molecule has 0 aliphatic heterocycles. The summed E-state index contributed by atoms with van der Waals surface area (Å²) in [5.74, 6) is 3.04.